The van der Waals surface area contributed by atoms with Gasteiger partial charge in [0.05, 0.1) is 11.9 Å². The second-order valence-electron chi connectivity index (χ2n) is 5.64. The molecule has 21 heavy (non-hydrogen) atoms. The van der Waals surface area contributed by atoms with Crippen LogP contribution in [0.1, 0.15) is 22.3 Å². The minimum atomic E-state index is 0.908. The first-order valence-corrected chi connectivity index (χ1v) is 7.12. The van der Waals surface area contributed by atoms with E-state index in [1.807, 2.05) is 10.9 Å². The van der Waals surface area contributed by atoms with Gasteiger partial charge in [0.25, 0.3) is 0 Å². The quantitative estimate of drug-likeness (QED) is 0.704. The van der Waals surface area contributed by atoms with Crippen molar-refractivity contribution < 1.29 is 0 Å². The topological polar surface area (TPSA) is 30.7 Å². The van der Waals surface area contributed by atoms with Crippen LogP contribution in [0, 0.1) is 27.7 Å². The molecule has 3 heteroatoms. The third-order valence-corrected chi connectivity index (χ3v) is 3.91. The van der Waals surface area contributed by atoms with Gasteiger partial charge in [-0.2, -0.15) is 0 Å². The lowest BCUT2D eigenvalue weighted by molar-refractivity contribution is 0.802. The van der Waals surface area contributed by atoms with Crippen LogP contribution < -0.4 is 0 Å². The van der Waals surface area contributed by atoms with Crippen molar-refractivity contribution in [3.63, 3.8) is 0 Å². The largest absolute Gasteiger partial charge is 0.220 e. The van der Waals surface area contributed by atoms with E-state index in [1.165, 1.54) is 22.3 Å². The van der Waals surface area contributed by atoms with Gasteiger partial charge in [-0.3, -0.25) is 0 Å². The molecule has 0 aliphatic heterocycles. The standard InChI is InChI=1S/C18H19N3/c1-12-5-8-17(15(4)9-12)18-11-21(20-19-18)16-7-6-13(2)14(3)10-16/h5-11H,1-4H3. The number of hydrogen-bond acceptors (Lipinski definition) is 2. The van der Waals surface area contributed by atoms with Crippen molar-refractivity contribution >= 4 is 0 Å². The molecule has 1 aromatic heterocycles. The van der Waals surface area contributed by atoms with Crippen molar-refractivity contribution in [2.75, 3.05) is 0 Å². The first kappa shape index (κ1) is 13.6. The molecule has 0 unspecified atom stereocenters. The van der Waals surface area contributed by atoms with Gasteiger partial charge in [-0.25, -0.2) is 4.68 Å². The van der Waals surface area contributed by atoms with Crippen LogP contribution in [0.3, 0.4) is 0 Å². The predicted molar refractivity (Wildman–Crippen MR) is 85.7 cm³/mol. The van der Waals surface area contributed by atoms with E-state index in [0.29, 0.717) is 0 Å². The van der Waals surface area contributed by atoms with E-state index >= 15 is 0 Å². The summed E-state index contributed by atoms with van der Waals surface area (Å²) in [6, 6.07) is 12.7. The molecular weight excluding hydrogens is 258 g/mol. The Morgan fingerprint density at radius 1 is 0.810 bits per heavy atom. The molecule has 0 N–H and O–H groups in total. The second kappa shape index (κ2) is 5.17. The van der Waals surface area contributed by atoms with Crippen molar-refractivity contribution in [3.05, 3.63) is 64.8 Å². The summed E-state index contributed by atoms with van der Waals surface area (Å²) in [5, 5.41) is 8.58. The molecule has 106 valence electrons. The summed E-state index contributed by atoms with van der Waals surface area (Å²) >= 11 is 0. The molecule has 0 amide bonds. The number of aryl methyl sites for hydroxylation is 4. The molecule has 0 bridgehead atoms. The van der Waals surface area contributed by atoms with Gasteiger partial charge in [0, 0.05) is 5.56 Å². The van der Waals surface area contributed by atoms with Crippen LogP contribution in [0.4, 0.5) is 0 Å². The van der Waals surface area contributed by atoms with Crippen LogP contribution in [0.2, 0.25) is 0 Å². The third kappa shape index (κ3) is 2.59. The van der Waals surface area contributed by atoms with Gasteiger partial charge >= 0.3 is 0 Å². The van der Waals surface area contributed by atoms with E-state index in [0.717, 1.165) is 16.9 Å². The van der Waals surface area contributed by atoms with E-state index in [9.17, 15) is 0 Å². The number of aromatic nitrogens is 3. The summed E-state index contributed by atoms with van der Waals surface area (Å²) in [5.41, 5.74) is 8.12. The van der Waals surface area contributed by atoms with Crippen molar-refractivity contribution in [1.29, 1.82) is 0 Å². The van der Waals surface area contributed by atoms with Crippen LogP contribution in [0.25, 0.3) is 16.9 Å². The predicted octanol–water partition coefficient (Wildman–Crippen LogP) is 4.17. The van der Waals surface area contributed by atoms with E-state index in [-0.39, 0.29) is 0 Å². The molecular formula is C18H19N3. The fraction of sp³-hybridized carbons (Fsp3) is 0.222. The minimum absolute atomic E-state index is 0.908. The van der Waals surface area contributed by atoms with Gasteiger partial charge in [0.2, 0.25) is 0 Å². The highest BCUT2D eigenvalue weighted by atomic mass is 15.4. The van der Waals surface area contributed by atoms with Gasteiger partial charge in [-0.1, -0.05) is 35.0 Å². The molecule has 3 rings (SSSR count). The van der Waals surface area contributed by atoms with Crippen molar-refractivity contribution in [1.82, 2.24) is 15.0 Å². The zero-order valence-corrected chi connectivity index (χ0v) is 12.9. The summed E-state index contributed by atoms with van der Waals surface area (Å²) < 4.78 is 1.83. The van der Waals surface area contributed by atoms with Gasteiger partial charge in [0.15, 0.2) is 0 Å². The zero-order valence-electron chi connectivity index (χ0n) is 12.9. The monoisotopic (exact) mass is 277 g/mol. The molecule has 0 saturated heterocycles. The number of rotatable bonds is 2. The van der Waals surface area contributed by atoms with Crippen LogP contribution in [0.15, 0.2) is 42.6 Å². The average molecular weight is 277 g/mol. The molecule has 0 fully saturated rings. The Kier molecular flexibility index (Phi) is 3.34. The van der Waals surface area contributed by atoms with Crippen molar-refractivity contribution in [3.8, 4) is 16.9 Å². The molecule has 0 aliphatic carbocycles. The fourth-order valence-electron chi connectivity index (χ4n) is 2.48. The molecule has 3 nitrogen and oxygen atoms in total. The minimum Gasteiger partial charge on any atom is -0.220 e. The van der Waals surface area contributed by atoms with E-state index < -0.39 is 0 Å². The number of nitrogens with zero attached hydrogens (tertiary/aromatic N) is 3. The lowest BCUT2D eigenvalue weighted by Gasteiger charge is -2.04. The van der Waals surface area contributed by atoms with Crippen LogP contribution in [0.5, 0.6) is 0 Å². The summed E-state index contributed by atoms with van der Waals surface area (Å²) in [5.74, 6) is 0. The Morgan fingerprint density at radius 2 is 1.62 bits per heavy atom. The van der Waals surface area contributed by atoms with Gasteiger partial charge < -0.3 is 0 Å². The highest BCUT2D eigenvalue weighted by Crippen LogP contribution is 2.23. The maximum absolute atomic E-state index is 4.32. The highest BCUT2D eigenvalue weighted by molar-refractivity contribution is 5.63. The number of hydrogen-bond donors (Lipinski definition) is 0. The lowest BCUT2D eigenvalue weighted by Crippen LogP contribution is -1.96. The zero-order chi connectivity index (χ0) is 15.0. The van der Waals surface area contributed by atoms with Gasteiger partial charge in [0.1, 0.15) is 5.69 Å². The Bertz CT molecular complexity index is 800. The van der Waals surface area contributed by atoms with Gasteiger partial charge in [-0.15, -0.1) is 5.10 Å². The number of benzene rings is 2. The highest BCUT2D eigenvalue weighted by Gasteiger charge is 2.08. The third-order valence-electron chi connectivity index (χ3n) is 3.91. The summed E-state index contributed by atoms with van der Waals surface area (Å²) in [4.78, 5) is 0. The molecule has 2 aromatic carbocycles. The normalized spacial score (nSPS) is 10.9. The van der Waals surface area contributed by atoms with E-state index in [4.69, 9.17) is 0 Å². The summed E-state index contributed by atoms with van der Waals surface area (Å²) in [6.45, 7) is 8.43. The maximum Gasteiger partial charge on any atom is 0.113 e. The van der Waals surface area contributed by atoms with Crippen LogP contribution >= 0.6 is 0 Å². The fourth-order valence-corrected chi connectivity index (χ4v) is 2.48. The first-order valence-electron chi connectivity index (χ1n) is 7.12. The van der Waals surface area contributed by atoms with Crippen LogP contribution in [-0.4, -0.2) is 15.0 Å². The molecule has 0 radical (unpaired) electrons. The molecule has 0 saturated carbocycles. The van der Waals surface area contributed by atoms with Crippen molar-refractivity contribution in [2.24, 2.45) is 0 Å². The molecule has 1 heterocycles. The van der Waals surface area contributed by atoms with Gasteiger partial charge in [-0.05, 0) is 56.5 Å². The Labute approximate surface area is 125 Å². The summed E-state index contributed by atoms with van der Waals surface area (Å²) in [7, 11) is 0. The lowest BCUT2D eigenvalue weighted by atomic mass is 10.0. The Balaban J connectivity index is 2.01. The van der Waals surface area contributed by atoms with E-state index in [2.05, 4.69) is 74.4 Å². The summed E-state index contributed by atoms with van der Waals surface area (Å²) in [6.07, 6.45) is 1.99. The van der Waals surface area contributed by atoms with Crippen molar-refractivity contribution in [2.45, 2.75) is 27.7 Å². The molecule has 0 spiro atoms. The average Bonchev–Trinajstić information content (AvgIpc) is 2.91. The van der Waals surface area contributed by atoms with E-state index in [1.54, 1.807) is 0 Å². The molecule has 0 atom stereocenters. The Morgan fingerprint density at radius 3 is 2.33 bits per heavy atom. The second-order valence-corrected chi connectivity index (χ2v) is 5.64. The van der Waals surface area contributed by atoms with Crippen LogP contribution in [-0.2, 0) is 0 Å². The first-order chi connectivity index (χ1) is 10.0. The molecule has 0 aliphatic rings. The molecule has 3 aromatic rings. The smallest absolute Gasteiger partial charge is 0.113 e. The SMILES string of the molecule is Cc1ccc(-c2cn(-c3ccc(C)c(C)c3)nn2)c(C)c1. The maximum atomic E-state index is 4.32. The Hall–Kier alpha value is -2.42.